The van der Waals surface area contributed by atoms with E-state index in [4.69, 9.17) is 18.9 Å². The van der Waals surface area contributed by atoms with E-state index in [9.17, 15) is 72.0 Å². The summed E-state index contributed by atoms with van der Waals surface area (Å²) in [5.74, 6) is -1.52. The predicted molar refractivity (Wildman–Crippen MR) is 516 cm³/mol. The van der Waals surface area contributed by atoms with Gasteiger partial charge in [-0.05, 0) is 283 Å². The molecule has 16 aromatic rings. The van der Waals surface area contributed by atoms with Gasteiger partial charge in [0.1, 0.15) is 54.0 Å². The average molecular weight is 1870 g/mol. The smallest absolute Gasteiger partial charge is 0.297 e. The molecule has 0 aliphatic heterocycles. The lowest BCUT2D eigenvalue weighted by Gasteiger charge is -2.14. The first-order valence-corrected chi connectivity index (χ1v) is 44.3. The fraction of sp³-hybridized carbons (Fsp3) is 0.103. The molecule has 0 bridgehead atoms. The van der Waals surface area contributed by atoms with Crippen LogP contribution in [0.15, 0.2) is 231 Å². The number of carbonyl (C=O) groups is 8. The first-order chi connectivity index (χ1) is 64.3. The third kappa shape index (κ3) is 22.4. The minimum atomic E-state index is -1.01. The monoisotopic (exact) mass is 1870 g/mol. The van der Waals surface area contributed by atoms with Crippen LogP contribution >= 0.6 is 45.3 Å². The Morgan fingerprint density at radius 1 is 0.261 bits per heavy atom. The van der Waals surface area contributed by atoms with Crippen LogP contribution in [0.25, 0.3) is 64.6 Å². The van der Waals surface area contributed by atoms with Gasteiger partial charge in [-0.3, -0.25) is 38.4 Å². The minimum absolute atomic E-state index is 0.00430. The number of ketones is 4. The molecule has 0 atom stereocenters. The van der Waals surface area contributed by atoms with Crippen LogP contribution in [-0.4, -0.2) is 69.4 Å². The third-order valence-corrected chi connectivity index (χ3v) is 25.4. The van der Waals surface area contributed by atoms with E-state index >= 15 is 0 Å². The van der Waals surface area contributed by atoms with E-state index < -0.39 is 23.2 Å². The van der Waals surface area contributed by atoms with Crippen molar-refractivity contribution in [2.75, 3.05) is 0 Å². The van der Waals surface area contributed by atoms with Crippen molar-refractivity contribution in [1.29, 1.82) is 0 Å². The van der Waals surface area contributed by atoms with E-state index in [0.717, 1.165) is 128 Å². The summed E-state index contributed by atoms with van der Waals surface area (Å²) in [4.78, 5) is 96.7. The van der Waals surface area contributed by atoms with Gasteiger partial charge in [-0.25, -0.2) is 13.2 Å². The number of ether oxygens (including phenoxy) is 8. The number of carbonyl (C=O) groups excluding carboxylic acids is 8. The molecule has 0 spiro atoms. The van der Waals surface area contributed by atoms with Gasteiger partial charge >= 0.3 is 0 Å². The van der Waals surface area contributed by atoms with Gasteiger partial charge in [0, 0.05) is 62.6 Å². The van der Waals surface area contributed by atoms with Crippen LogP contribution in [0.1, 0.15) is 144 Å². The Kier molecular flexibility index (Phi) is 30.6. The summed E-state index contributed by atoms with van der Waals surface area (Å²) in [5.41, 5.74) is 14.6. The van der Waals surface area contributed by atoms with E-state index in [1.54, 1.807) is 91.9 Å². The number of fused-ring (bicyclic) bond motifs is 4. The van der Waals surface area contributed by atoms with E-state index in [1.807, 2.05) is 154 Å². The quantitative estimate of drug-likeness (QED) is 0.0153. The van der Waals surface area contributed by atoms with Gasteiger partial charge in [-0.1, -0.05) is 107 Å². The molecule has 0 radical (unpaired) electrons. The van der Waals surface area contributed by atoms with Gasteiger partial charge in [0.2, 0.25) is 23.1 Å². The first-order valence-electron chi connectivity index (χ1n) is 41.1. The normalized spacial score (nSPS) is 11.1. The van der Waals surface area contributed by atoms with E-state index in [-0.39, 0.29) is 86.8 Å². The number of phenols is 4. The molecule has 0 aliphatic rings. The Labute approximate surface area is 782 Å². The highest BCUT2D eigenvalue weighted by molar-refractivity contribution is 7.22. The molecule has 134 heavy (non-hydrogen) atoms. The van der Waals surface area contributed by atoms with Crippen LogP contribution in [0.4, 0.5) is 13.2 Å². The summed E-state index contributed by atoms with van der Waals surface area (Å²) in [5, 5.41) is 42.3. The van der Waals surface area contributed by atoms with Gasteiger partial charge in [-0.2, -0.15) is 0 Å². The fourth-order valence-corrected chi connectivity index (χ4v) is 19.1. The average Bonchev–Trinajstić information content (AvgIpc) is 1.64. The zero-order chi connectivity index (χ0) is 95.9. The van der Waals surface area contributed by atoms with E-state index in [1.165, 1.54) is 95.1 Å². The lowest BCUT2D eigenvalue weighted by atomic mass is 10.0. The molecule has 4 aromatic heterocycles. The van der Waals surface area contributed by atoms with Crippen molar-refractivity contribution in [2.45, 2.75) is 76.2 Å². The molecular weight excluding hydrogens is 1790 g/mol. The van der Waals surface area contributed by atoms with Gasteiger partial charge in [0.05, 0.1) is 25.0 Å². The second-order valence-corrected chi connectivity index (χ2v) is 35.1. The number of thiophene rings is 4. The second-order valence-electron chi connectivity index (χ2n) is 30.9. The highest BCUT2D eigenvalue weighted by Gasteiger charge is 2.31. The van der Waals surface area contributed by atoms with Gasteiger partial charge < -0.3 is 58.3 Å². The predicted octanol–water partition coefficient (Wildman–Crippen LogP) is 26.9. The SMILES string of the molecule is Cc1ccc(C(=O)c2sc3cc(O)ccc3c2Oc2c(C)cc(/C=C/OC=O)cc2C)c(C)c1.Cc1ccc(C(=O)c2sc3cc(O)ccc3c2Oc2c(F)cc(/C=C/OC=O)cc2F)c(C)c1.Cc1ccc(C(=O)c2sc3cc(O)ccc3c2Oc2ccc(/C=C/OC=O)cc2C)c(C)c1.Cc1ccc(C(=O)c2sc3cc(O)ccc3c2Oc2ccc(/C=C/OC=O)cc2F)c(C)c1. The van der Waals surface area contributed by atoms with Crippen molar-refractivity contribution in [1.82, 2.24) is 0 Å². The summed E-state index contributed by atoms with van der Waals surface area (Å²) in [7, 11) is 0. The molecule has 0 amide bonds. The molecule has 0 fully saturated rings. The largest absolute Gasteiger partial charge is 0.508 e. The lowest BCUT2D eigenvalue weighted by molar-refractivity contribution is -0.124. The number of aryl methyl sites for hydroxylation is 11. The van der Waals surface area contributed by atoms with Crippen LogP contribution in [0.3, 0.4) is 0 Å². The summed E-state index contributed by atoms with van der Waals surface area (Å²) >= 11 is 4.85. The van der Waals surface area contributed by atoms with Crippen LogP contribution in [-0.2, 0) is 38.1 Å². The lowest BCUT2D eigenvalue weighted by Crippen LogP contribution is -2.04. The Morgan fingerprint density at radius 3 is 0.836 bits per heavy atom. The number of phenolic OH excluding ortho intramolecular Hbond substituents is 4. The molecule has 0 aliphatic carbocycles. The summed E-state index contributed by atoms with van der Waals surface area (Å²) in [6, 6.07) is 57.1. The van der Waals surface area contributed by atoms with Gasteiger partial charge in [0.15, 0.2) is 51.9 Å². The molecule has 27 heteroatoms. The van der Waals surface area contributed by atoms with Crippen LogP contribution in [0.5, 0.6) is 69.0 Å². The van der Waals surface area contributed by atoms with Crippen LogP contribution in [0, 0.1) is 93.6 Å². The maximum Gasteiger partial charge on any atom is 0.297 e. The number of aromatic hydroxyl groups is 4. The molecule has 4 N–H and O–H groups in total. The van der Waals surface area contributed by atoms with Gasteiger partial charge in [-0.15, -0.1) is 45.3 Å². The van der Waals surface area contributed by atoms with Crippen LogP contribution < -0.4 is 18.9 Å². The Bertz CT molecular complexity index is 6970. The Morgan fingerprint density at radius 2 is 0.530 bits per heavy atom. The Hall–Kier alpha value is -15.8. The summed E-state index contributed by atoms with van der Waals surface area (Å²) in [6.07, 6.45) is 10.8. The molecule has 12 aromatic carbocycles. The number of hydrogen-bond acceptors (Lipinski definition) is 24. The van der Waals surface area contributed by atoms with Crippen molar-refractivity contribution < 1.29 is 110 Å². The van der Waals surface area contributed by atoms with Crippen molar-refractivity contribution in [3.8, 4) is 69.0 Å². The second kappa shape index (κ2) is 42.8. The zero-order valence-electron chi connectivity index (χ0n) is 73.6. The fourth-order valence-electron chi connectivity index (χ4n) is 14.6. The molecule has 4 heterocycles. The number of benzene rings is 12. The highest BCUT2D eigenvalue weighted by Crippen LogP contribution is 2.50. The molecule has 20 nitrogen and oxygen atoms in total. The van der Waals surface area contributed by atoms with Crippen molar-refractivity contribution in [3.63, 3.8) is 0 Å². The number of rotatable bonds is 28. The first kappa shape index (κ1) is 95.8. The molecule has 16 rings (SSSR count). The maximum absolute atomic E-state index is 14.8. The summed E-state index contributed by atoms with van der Waals surface area (Å²) < 4.78 is 89.6. The van der Waals surface area contributed by atoms with E-state index in [2.05, 4.69) is 18.9 Å². The molecule has 0 saturated heterocycles. The maximum atomic E-state index is 14.8. The molecule has 676 valence electrons. The Balaban J connectivity index is 0.000000152. The van der Waals surface area contributed by atoms with Crippen molar-refractivity contribution in [3.05, 3.63) is 374 Å². The number of halogens is 3. The summed E-state index contributed by atoms with van der Waals surface area (Å²) in [6.45, 7) is 22.3. The minimum Gasteiger partial charge on any atom is -0.508 e. The standard InChI is InChI=1S/C28H24O5S.C27H22O5S.C26H18F2O5S.C26H19FO5S/c1-16-5-7-22(17(2)11-16)25(31)28-27(23-8-6-21(30)14-24(23)34-28)33-26-18(3)12-20(13-19(26)4)9-10-32-15-29;1-16-4-7-21(17(2)12-16)25(30)27-26(22-8-6-20(29)14-24(22)33-27)32-23-9-5-19(13-18(23)3)10-11-31-15-28;1-14-3-5-18(15(2)9-14)23(31)26-24(19-6-4-17(30)12-22(19)34-26)33-25-20(27)10-16(11-21(25)28)7-8-32-13-29;1-15-3-6-19(16(2)11-15)24(30)26-25(20-7-5-18(29)13-23(20)33-26)32-22-8-4-17(12-21(22)27)9-10-31-14-28/h5-15,30H,1-4H3;4-15,29H,1-3H3;3-13,30H,1-2H3;3-14,29H,1-2H3/b10-9+;11-10+;8-7+;10-9+. The topological polar surface area (TPSA) is 291 Å². The molecule has 0 saturated carbocycles. The van der Waals surface area contributed by atoms with Crippen molar-refractivity contribution in [2.24, 2.45) is 0 Å². The van der Waals surface area contributed by atoms with Crippen molar-refractivity contribution >= 4 is 159 Å². The number of hydrogen-bond donors (Lipinski definition) is 4. The van der Waals surface area contributed by atoms with E-state index in [0.29, 0.717) is 98.6 Å². The highest BCUT2D eigenvalue weighted by atomic mass is 32.1. The molecule has 0 unspecified atom stereocenters. The third-order valence-electron chi connectivity index (χ3n) is 20.9. The molecular formula is C107H83F3O20S4. The zero-order valence-corrected chi connectivity index (χ0v) is 76.9. The van der Waals surface area contributed by atoms with Gasteiger partial charge in [0.25, 0.3) is 25.9 Å². The van der Waals surface area contributed by atoms with Crippen LogP contribution in [0.2, 0.25) is 0 Å².